The predicted octanol–water partition coefficient (Wildman–Crippen LogP) is 1.58. The van der Waals surface area contributed by atoms with E-state index in [0.29, 0.717) is 11.8 Å². The first-order valence-corrected chi connectivity index (χ1v) is 3.47. The van der Waals surface area contributed by atoms with Crippen LogP contribution in [0.2, 0.25) is 0 Å². The summed E-state index contributed by atoms with van der Waals surface area (Å²) in [6.45, 7) is 6.06. The topological polar surface area (TPSA) is 38.9 Å². The van der Waals surface area contributed by atoms with Gasteiger partial charge in [0.25, 0.3) is 0 Å². The highest BCUT2D eigenvalue weighted by Crippen LogP contribution is 2.02. The maximum atomic E-state index is 4.80. The summed E-state index contributed by atoms with van der Waals surface area (Å²) in [5.41, 5.74) is 0. The molecule has 3 heteroatoms. The molecule has 1 aromatic heterocycles. The van der Waals surface area contributed by atoms with E-state index in [4.69, 9.17) is 4.52 Å². The molecule has 1 aromatic rings. The molecule has 56 valence electrons. The minimum Gasteiger partial charge on any atom is -0.340 e. The van der Waals surface area contributed by atoms with Crippen LogP contribution in [0.4, 0.5) is 0 Å². The number of aryl methyl sites for hydroxylation is 1. The van der Waals surface area contributed by atoms with Gasteiger partial charge in [-0.05, 0) is 5.92 Å². The summed E-state index contributed by atoms with van der Waals surface area (Å²) in [6, 6.07) is 0. The first-order chi connectivity index (χ1) is 4.68. The van der Waals surface area contributed by atoms with E-state index in [0.717, 1.165) is 12.2 Å². The Morgan fingerprint density at radius 2 is 2.20 bits per heavy atom. The average molecular weight is 140 g/mol. The van der Waals surface area contributed by atoms with E-state index in [1.807, 2.05) is 0 Å². The minimum absolute atomic E-state index is 0.594. The van der Waals surface area contributed by atoms with Crippen molar-refractivity contribution in [3.8, 4) is 0 Å². The molecule has 10 heavy (non-hydrogen) atoms. The summed E-state index contributed by atoms with van der Waals surface area (Å²) in [5, 5.41) is 3.77. The third-order valence-electron chi connectivity index (χ3n) is 1.16. The molecule has 0 fully saturated rings. The van der Waals surface area contributed by atoms with E-state index in [-0.39, 0.29) is 0 Å². The summed E-state index contributed by atoms with van der Waals surface area (Å²) in [6.07, 6.45) is 0.900. The summed E-state index contributed by atoms with van der Waals surface area (Å²) in [5.74, 6) is 2.06. The molecule has 3 nitrogen and oxygen atoms in total. The lowest BCUT2D eigenvalue weighted by Gasteiger charge is -1.95. The number of rotatable bonds is 2. The van der Waals surface area contributed by atoms with Crippen molar-refractivity contribution >= 4 is 0 Å². The van der Waals surface area contributed by atoms with E-state index >= 15 is 0 Å². The Morgan fingerprint density at radius 3 is 2.60 bits per heavy atom. The molecule has 0 bridgehead atoms. The van der Waals surface area contributed by atoms with Gasteiger partial charge >= 0.3 is 0 Å². The van der Waals surface area contributed by atoms with Crippen LogP contribution in [0.1, 0.15) is 25.6 Å². The van der Waals surface area contributed by atoms with E-state index < -0.39 is 0 Å². The molecule has 0 atom stereocenters. The molecule has 0 amide bonds. The second kappa shape index (κ2) is 2.82. The molecule has 0 N–H and O–H groups in total. The van der Waals surface area contributed by atoms with Gasteiger partial charge in [0.1, 0.15) is 0 Å². The molecule has 0 saturated heterocycles. The van der Waals surface area contributed by atoms with E-state index in [2.05, 4.69) is 24.0 Å². The second-order valence-corrected chi connectivity index (χ2v) is 2.83. The van der Waals surface area contributed by atoms with Gasteiger partial charge in [0.15, 0.2) is 5.82 Å². The van der Waals surface area contributed by atoms with Gasteiger partial charge in [-0.3, -0.25) is 0 Å². The van der Waals surface area contributed by atoms with Crippen molar-refractivity contribution in [1.29, 1.82) is 0 Å². The van der Waals surface area contributed by atoms with Crippen molar-refractivity contribution in [3.63, 3.8) is 0 Å². The largest absolute Gasteiger partial charge is 0.340 e. The van der Waals surface area contributed by atoms with Crippen LogP contribution in [-0.2, 0) is 6.42 Å². The van der Waals surface area contributed by atoms with Crippen molar-refractivity contribution in [2.24, 2.45) is 5.92 Å². The standard InChI is InChI=1S/C7H12N2O/c1-5(2)4-7-8-6(3)10-9-7/h5H,4H2,1-3H3. The third-order valence-corrected chi connectivity index (χ3v) is 1.16. The molecule has 0 aliphatic heterocycles. The van der Waals surface area contributed by atoms with Crippen molar-refractivity contribution < 1.29 is 4.52 Å². The van der Waals surface area contributed by atoms with Gasteiger partial charge in [-0.15, -0.1) is 0 Å². The van der Waals surface area contributed by atoms with Gasteiger partial charge < -0.3 is 4.52 Å². The first-order valence-electron chi connectivity index (χ1n) is 3.47. The lowest BCUT2D eigenvalue weighted by atomic mass is 10.1. The van der Waals surface area contributed by atoms with Crippen molar-refractivity contribution in [2.75, 3.05) is 0 Å². The molecular weight excluding hydrogens is 128 g/mol. The van der Waals surface area contributed by atoms with Crippen molar-refractivity contribution in [3.05, 3.63) is 11.7 Å². The molecule has 0 aromatic carbocycles. The summed E-state index contributed by atoms with van der Waals surface area (Å²) in [4.78, 5) is 4.07. The number of hydrogen-bond donors (Lipinski definition) is 0. The van der Waals surface area contributed by atoms with E-state index in [9.17, 15) is 0 Å². The van der Waals surface area contributed by atoms with Gasteiger partial charge in [-0.2, -0.15) is 4.98 Å². The molecule has 1 rings (SSSR count). The predicted molar refractivity (Wildman–Crippen MR) is 37.6 cm³/mol. The number of nitrogens with zero attached hydrogens (tertiary/aromatic N) is 2. The van der Waals surface area contributed by atoms with Crippen LogP contribution in [-0.4, -0.2) is 10.1 Å². The molecule has 0 aliphatic rings. The second-order valence-electron chi connectivity index (χ2n) is 2.83. The van der Waals surface area contributed by atoms with Gasteiger partial charge in [0.05, 0.1) is 0 Å². The van der Waals surface area contributed by atoms with Crippen LogP contribution in [0.25, 0.3) is 0 Å². The van der Waals surface area contributed by atoms with Crippen LogP contribution in [0.5, 0.6) is 0 Å². The summed E-state index contributed by atoms with van der Waals surface area (Å²) < 4.78 is 4.80. The lowest BCUT2D eigenvalue weighted by Crippen LogP contribution is -1.95. The van der Waals surface area contributed by atoms with Crippen molar-refractivity contribution in [2.45, 2.75) is 27.2 Å². The van der Waals surface area contributed by atoms with Gasteiger partial charge in [-0.1, -0.05) is 19.0 Å². The Bertz CT molecular complexity index is 205. The molecule has 1 heterocycles. The van der Waals surface area contributed by atoms with Crippen LogP contribution < -0.4 is 0 Å². The van der Waals surface area contributed by atoms with Crippen LogP contribution >= 0.6 is 0 Å². The molecule has 0 unspecified atom stereocenters. The fourth-order valence-corrected chi connectivity index (χ4v) is 0.789. The van der Waals surface area contributed by atoms with Gasteiger partial charge in [0.2, 0.25) is 5.89 Å². The van der Waals surface area contributed by atoms with Gasteiger partial charge in [0, 0.05) is 13.3 Å². The molecule has 0 aliphatic carbocycles. The molecule has 0 spiro atoms. The highest BCUT2D eigenvalue weighted by Gasteiger charge is 2.03. The van der Waals surface area contributed by atoms with E-state index in [1.54, 1.807) is 6.92 Å². The Balaban J connectivity index is 2.58. The van der Waals surface area contributed by atoms with Crippen molar-refractivity contribution in [1.82, 2.24) is 10.1 Å². The maximum absolute atomic E-state index is 4.80. The fourth-order valence-electron chi connectivity index (χ4n) is 0.789. The quantitative estimate of drug-likeness (QED) is 0.626. The summed E-state index contributed by atoms with van der Waals surface area (Å²) in [7, 11) is 0. The van der Waals surface area contributed by atoms with Gasteiger partial charge in [-0.25, -0.2) is 0 Å². The minimum atomic E-state index is 0.594. The number of aromatic nitrogens is 2. The Hall–Kier alpha value is -0.860. The van der Waals surface area contributed by atoms with E-state index in [1.165, 1.54) is 0 Å². The smallest absolute Gasteiger partial charge is 0.223 e. The monoisotopic (exact) mass is 140 g/mol. The highest BCUT2D eigenvalue weighted by atomic mass is 16.5. The highest BCUT2D eigenvalue weighted by molar-refractivity contribution is 4.84. The SMILES string of the molecule is Cc1nc(CC(C)C)no1. The zero-order valence-electron chi connectivity index (χ0n) is 6.59. The molecule has 0 saturated carbocycles. The van der Waals surface area contributed by atoms with Crippen LogP contribution in [0.15, 0.2) is 4.52 Å². The summed E-state index contributed by atoms with van der Waals surface area (Å²) >= 11 is 0. The fraction of sp³-hybridized carbons (Fsp3) is 0.714. The normalized spacial score (nSPS) is 10.8. The molecular formula is C7H12N2O. The Labute approximate surface area is 60.4 Å². The van der Waals surface area contributed by atoms with Crippen LogP contribution in [0.3, 0.4) is 0 Å². The number of hydrogen-bond acceptors (Lipinski definition) is 3. The lowest BCUT2D eigenvalue weighted by molar-refractivity contribution is 0.384. The maximum Gasteiger partial charge on any atom is 0.223 e. The first kappa shape index (κ1) is 7.25. The molecule has 0 radical (unpaired) electrons. The average Bonchev–Trinajstić information content (AvgIpc) is 2.13. The Kier molecular flexibility index (Phi) is 2.04. The zero-order valence-corrected chi connectivity index (χ0v) is 6.59. The zero-order chi connectivity index (χ0) is 7.56. The third kappa shape index (κ3) is 1.83. The Morgan fingerprint density at radius 1 is 1.50 bits per heavy atom. The van der Waals surface area contributed by atoms with Crippen LogP contribution in [0, 0.1) is 12.8 Å².